The van der Waals surface area contributed by atoms with Crippen LogP contribution in [-0.2, 0) is 9.59 Å². The van der Waals surface area contributed by atoms with Crippen molar-refractivity contribution in [1.29, 1.82) is 0 Å². The number of ether oxygens (including phenoxy) is 1. The molecule has 1 N–H and O–H groups in total. The highest BCUT2D eigenvalue weighted by atomic mass is 35.5. The summed E-state index contributed by atoms with van der Waals surface area (Å²) in [5.74, 6) is 0.523. The highest BCUT2D eigenvalue weighted by molar-refractivity contribution is 6.36. The van der Waals surface area contributed by atoms with Gasteiger partial charge in [0.25, 0.3) is 5.91 Å². The van der Waals surface area contributed by atoms with Crippen molar-refractivity contribution in [2.45, 2.75) is 19.4 Å². The third-order valence-corrected chi connectivity index (χ3v) is 6.12. The lowest BCUT2D eigenvalue weighted by atomic mass is 10.1. The number of halogens is 1. The zero-order chi connectivity index (χ0) is 20.5. The van der Waals surface area contributed by atoms with Gasteiger partial charge in [0.2, 0.25) is 5.91 Å². The fourth-order valence-electron chi connectivity index (χ4n) is 4.27. The van der Waals surface area contributed by atoms with Crippen LogP contribution in [-0.4, -0.2) is 51.1 Å². The van der Waals surface area contributed by atoms with Crippen LogP contribution in [0.2, 0.25) is 5.02 Å². The van der Waals surface area contributed by atoms with Crippen LogP contribution in [0, 0.1) is 6.92 Å². The monoisotopic (exact) mass is 414 g/mol. The largest absolute Gasteiger partial charge is 0.495 e. The molecule has 0 aliphatic carbocycles. The first-order valence-electron chi connectivity index (χ1n) is 9.85. The van der Waals surface area contributed by atoms with E-state index in [1.54, 1.807) is 19.2 Å². The van der Waals surface area contributed by atoms with Gasteiger partial charge in [0.05, 0.1) is 56.1 Å². The number of carbonyl (C=O) groups excluding carboxylic acids is 2. The molecule has 2 fully saturated rings. The molecule has 0 radical (unpaired) electrons. The van der Waals surface area contributed by atoms with Crippen molar-refractivity contribution in [2.75, 3.05) is 43.1 Å². The summed E-state index contributed by atoms with van der Waals surface area (Å²) in [5.41, 5.74) is 2.55. The molecule has 1 atom stereocenters. The Morgan fingerprint density at radius 1 is 1.07 bits per heavy atom. The zero-order valence-corrected chi connectivity index (χ0v) is 17.4. The summed E-state index contributed by atoms with van der Waals surface area (Å²) in [5, 5.41) is 0.434. The standard InChI is InChI=1S/C22H24ClN3O3/c1-15-7-8-17(16(23)13-15)26-21(27)14-19(22(26)28)25-11-9-24(10-12-25)18-5-3-4-6-20(18)29-2/h3-8,13,19H,9-12,14H2,1-2H3/p+1/t19-/m1/s1. The number of amides is 2. The maximum atomic E-state index is 13.1. The van der Waals surface area contributed by atoms with Gasteiger partial charge in [0, 0.05) is 0 Å². The fraction of sp³-hybridized carbons (Fsp3) is 0.364. The Balaban J connectivity index is 1.47. The van der Waals surface area contributed by atoms with Gasteiger partial charge in [0.1, 0.15) is 5.75 Å². The molecule has 0 aromatic heterocycles. The van der Waals surface area contributed by atoms with Crippen LogP contribution in [0.3, 0.4) is 0 Å². The molecule has 0 spiro atoms. The molecular weight excluding hydrogens is 390 g/mol. The van der Waals surface area contributed by atoms with E-state index in [0.717, 1.165) is 48.1 Å². The molecule has 2 aromatic carbocycles. The number of aryl methyl sites for hydroxylation is 1. The number of rotatable bonds is 4. The summed E-state index contributed by atoms with van der Waals surface area (Å²) in [4.78, 5) is 30.4. The van der Waals surface area contributed by atoms with E-state index in [-0.39, 0.29) is 24.3 Å². The van der Waals surface area contributed by atoms with Gasteiger partial charge in [-0.3, -0.25) is 9.59 Å². The van der Waals surface area contributed by atoms with Gasteiger partial charge in [-0.2, -0.15) is 0 Å². The normalized spacial score (nSPS) is 20.4. The average Bonchev–Trinajstić information content (AvgIpc) is 3.02. The van der Waals surface area contributed by atoms with E-state index in [4.69, 9.17) is 16.3 Å². The predicted molar refractivity (Wildman–Crippen MR) is 113 cm³/mol. The average molecular weight is 415 g/mol. The topological polar surface area (TPSA) is 54.3 Å². The van der Waals surface area contributed by atoms with Gasteiger partial charge >= 0.3 is 0 Å². The molecule has 2 saturated heterocycles. The summed E-state index contributed by atoms with van der Waals surface area (Å²) in [6.07, 6.45) is 0.229. The van der Waals surface area contributed by atoms with E-state index < -0.39 is 0 Å². The maximum Gasteiger partial charge on any atom is 0.292 e. The van der Waals surface area contributed by atoms with Crippen LogP contribution in [0.4, 0.5) is 11.4 Å². The number of anilines is 2. The van der Waals surface area contributed by atoms with Gasteiger partial charge in [-0.05, 0) is 36.8 Å². The highest BCUT2D eigenvalue weighted by Gasteiger charge is 2.47. The third-order valence-electron chi connectivity index (χ3n) is 5.82. The number of hydrogen-bond acceptors (Lipinski definition) is 4. The van der Waals surface area contributed by atoms with Crippen LogP contribution in [0.1, 0.15) is 12.0 Å². The van der Waals surface area contributed by atoms with E-state index >= 15 is 0 Å². The lowest BCUT2D eigenvalue weighted by Gasteiger charge is -2.36. The van der Waals surface area contributed by atoms with Crippen molar-refractivity contribution >= 4 is 34.8 Å². The highest BCUT2D eigenvalue weighted by Crippen LogP contribution is 2.31. The second kappa shape index (κ2) is 8.05. The first kappa shape index (κ1) is 19.7. The summed E-state index contributed by atoms with van der Waals surface area (Å²) in [6, 6.07) is 13.0. The van der Waals surface area contributed by atoms with Crippen LogP contribution < -0.4 is 19.4 Å². The molecule has 0 bridgehead atoms. The number of carbonyl (C=O) groups is 2. The number of nitrogens with one attached hydrogen (secondary N) is 1. The number of hydrogen-bond donors (Lipinski definition) is 1. The molecular formula is C22H25ClN3O3+. The van der Waals surface area contributed by atoms with Crippen molar-refractivity contribution in [3.8, 4) is 5.75 Å². The smallest absolute Gasteiger partial charge is 0.292 e. The molecule has 2 aliphatic heterocycles. The van der Waals surface area contributed by atoms with Crippen molar-refractivity contribution in [1.82, 2.24) is 0 Å². The first-order valence-corrected chi connectivity index (χ1v) is 10.2. The van der Waals surface area contributed by atoms with E-state index in [2.05, 4.69) is 11.0 Å². The van der Waals surface area contributed by atoms with Crippen molar-refractivity contribution in [3.63, 3.8) is 0 Å². The second-order valence-corrected chi connectivity index (χ2v) is 8.00. The number of benzene rings is 2. The van der Waals surface area contributed by atoms with E-state index in [9.17, 15) is 9.59 Å². The van der Waals surface area contributed by atoms with E-state index in [0.29, 0.717) is 10.7 Å². The molecule has 0 unspecified atom stereocenters. The van der Waals surface area contributed by atoms with Crippen LogP contribution in [0.15, 0.2) is 42.5 Å². The van der Waals surface area contributed by atoms with E-state index in [1.807, 2.05) is 31.2 Å². The molecule has 2 amide bonds. The molecule has 0 saturated carbocycles. The number of nitrogens with zero attached hydrogens (tertiary/aromatic N) is 2. The van der Waals surface area contributed by atoms with Crippen molar-refractivity contribution in [2.24, 2.45) is 0 Å². The van der Waals surface area contributed by atoms with Gasteiger partial charge in [-0.25, -0.2) is 4.90 Å². The maximum absolute atomic E-state index is 13.1. The van der Waals surface area contributed by atoms with Gasteiger partial charge in [-0.1, -0.05) is 29.8 Å². The van der Waals surface area contributed by atoms with Gasteiger partial charge in [0.15, 0.2) is 6.04 Å². The molecule has 2 heterocycles. The molecule has 2 aromatic rings. The number of quaternary nitrogens is 1. The predicted octanol–water partition coefficient (Wildman–Crippen LogP) is 1.69. The number of methoxy groups -OCH3 is 1. The lowest BCUT2D eigenvalue weighted by molar-refractivity contribution is -0.915. The second-order valence-electron chi connectivity index (χ2n) is 7.60. The Hall–Kier alpha value is -2.57. The molecule has 4 rings (SSSR count). The number of para-hydroxylation sites is 2. The Morgan fingerprint density at radius 3 is 2.48 bits per heavy atom. The Labute approximate surface area is 175 Å². The Bertz CT molecular complexity index is 941. The minimum Gasteiger partial charge on any atom is -0.495 e. The van der Waals surface area contributed by atoms with Crippen LogP contribution in [0.25, 0.3) is 0 Å². The summed E-state index contributed by atoms with van der Waals surface area (Å²) < 4.78 is 5.47. The summed E-state index contributed by atoms with van der Waals surface area (Å²) in [6.45, 7) is 5.11. The fourth-order valence-corrected chi connectivity index (χ4v) is 4.59. The first-order chi connectivity index (χ1) is 14.0. The van der Waals surface area contributed by atoms with Gasteiger partial charge in [-0.15, -0.1) is 0 Å². The molecule has 29 heavy (non-hydrogen) atoms. The van der Waals surface area contributed by atoms with E-state index in [1.165, 1.54) is 4.90 Å². The van der Waals surface area contributed by atoms with Crippen LogP contribution >= 0.6 is 11.6 Å². The molecule has 152 valence electrons. The summed E-state index contributed by atoms with van der Waals surface area (Å²) in [7, 11) is 1.67. The number of imide groups is 1. The summed E-state index contributed by atoms with van der Waals surface area (Å²) >= 11 is 6.32. The van der Waals surface area contributed by atoms with Crippen molar-refractivity contribution < 1.29 is 19.2 Å². The van der Waals surface area contributed by atoms with Crippen LogP contribution in [0.5, 0.6) is 5.75 Å². The SMILES string of the molecule is COc1ccccc1N1CC[NH+]([C@@H]2CC(=O)N(c3ccc(C)cc3Cl)C2=O)CC1. The van der Waals surface area contributed by atoms with Gasteiger partial charge < -0.3 is 14.5 Å². The minimum atomic E-state index is -0.348. The Morgan fingerprint density at radius 2 is 1.79 bits per heavy atom. The third kappa shape index (κ3) is 3.70. The Kier molecular flexibility index (Phi) is 5.48. The minimum absolute atomic E-state index is 0.151. The number of piperazine rings is 1. The molecule has 2 aliphatic rings. The van der Waals surface area contributed by atoms with Crippen molar-refractivity contribution in [3.05, 3.63) is 53.1 Å². The molecule has 6 nitrogen and oxygen atoms in total. The zero-order valence-electron chi connectivity index (χ0n) is 16.7. The quantitative estimate of drug-likeness (QED) is 0.774. The molecule has 7 heteroatoms. The lowest BCUT2D eigenvalue weighted by Crippen LogP contribution is -3.19.